The summed E-state index contributed by atoms with van der Waals surface area (Å²) in [6.45, 7) is 0. The molecular weight excluding hydrogens is 280 g/mol. The second-order valence-electron chi connectivity index (χ2n) is 3.74. The fourth-order valence-electron chi connectivity index (χ4n) is 1.66. The Morgan fingerprint density at radius 1 is 1.06 bits per heavy atom. The molecule has 0 bridgehead atoms. The van der Waals surface area contributed by atoms with Gasteiger partial charge in [0.25, 0.3) is 0 Å². The van der Waals surface area contributed by atoms with Crippen molar-refractivity contribution in [3.05, 3.63) is 58.6 Å². The summed E-state index contributed by atoms with van der Waals surface area (Å²) in [5.41, 5.74) is 2.99. The number of hydrogen-bond acceptors (Lipinski definition) is 1. The van der Waals surface area contributed by atoms with Gasteiger partial charge in [0.2, 0.25) is 0 Å². The van der Waals surface area contributed by atoms with Crippen LogP contribution in [0, 0.1) is 0 Å². The fourth-order valence-corrected chi connectivity index (χ4v) is 2.18. The number of carbonyl (C=O) groups is 1. The normalized spacial score (nSPS) is 10.2. The molecule has 2 aromatic carbocycles. The smallest absolute Gasteiger partial charge is 0.307 e. The highest BCUT2D eigenvalue weighted by Crippen LogP contribution is 2.26. The van der Waals surface area contributed by atoms with E-state index in [4.69, 9.17) is 5.11 Å². The van der Waals surface area contributed by atoms with E-state index in [1.54, 1.807) is 0 Å². The van der Waals surface area contributed by atoms with Crippen LogP contribution in [-0.4, -0.2) is 11.1 Å². The summed E-state index contributed by atoms with van der Waals surface area (Å²) >= 11 is 3.41. The number of hydrogen-bond donors (Lipinski definition) is 1. The van der Waals surface area contributed by atoms with Gasteiger partial charge in [-0.15, -0.1) is 0 Å². The zero-order valence-corrected chi connectivity index (χ0v) is 10.6. The van der Waals surface area contributed by atoms with Crippen LogP contribution in [0.15, 0.2) is 53.0 Å². The molecule has 2 nitrogen and oxygen atoms in total. The zero-order chi connectivity index (χ0) is 12.3. The van der Waals surface area contributed by atoms with Crippen LogP contribution in [-0.2, 0) is 11.2 Å². The molecule has 0 aromatic heterocycles. The van der Waals surface area contributed by atoms with Crippen molar-refractivity contribution in [2.75, 3.05) is 0 Å². The molecule has 0 atom stereocenters. The van der Waals surface area contributed by atoms with Crippen LogP contribution in [0.3, 0.4) is 0 Å². The number of benzene rings is 2. The Morgan fingerprint density at radius 2 is 1.76 bits per heavy atom. The van der Waals surface area contributed by atoms with E-state index >= 15 is 0 Å². The average Bonchev–Trinajstić information content (AvgIpc) is 2.32. The largest absolute Gasteiger partial charge is 0.481 e. The summed E-state index contributed by atoms with van der Waals surface area (Å²) in [5.74, 6) is -0.821. The van der Waals surface area contributed by atoms with Gasteiger partial charge < -0.3 is 5.11 Å². The molecule has 0 radical (unpaired) electrons. The molecule has 0 amide bonds. The van der Waals surface area contributed by atoms with Crippen LogP contribution in [0.25, 0.3) is 11.1 Å². The minimum atomic E-state index is -0.821. The quantitative estimate of drug-likeness (QED) is 0.935. The van der Waals surface area contributed by atoms with Crippen molar-refractivity contribution >= 4 is 21.9 Å². The molecule has 0 fully saturated rings. The number of aliphatic carboxylic acids is 1. The molecule has 0 aliphatic heterocycles. The molecule has 0 spiro atoms. The van der Waals surface area contributed by atoms with Crippen molar-refractivity contribution in [2.24, 2.45) is 0 Å². The van der Waals surface area contributed by atoms with Gasteiger partial charge in [0.1, 0.15) is 0 Å². The van der Waals surface area contributed by atoms with E-state index in [0.717, 1.165) is 21.2 Å². The number of halogens is 1. The first kappa shape index (κ1) is 11.9. The van der Waals surface area contributed by atoms with Gasteiger partial charge in [0, 0.05) is 4.47 Å². The van der Waals surface area contributed by atoms with Crippen LogP contribution >= 0.6 is 15.9 Å². The van der Waals surface area contributed by atoms with Gasteiger partial charge in [-0.1, -0.05) is 58.4 Å². The number of rotatable bonds is 3. The topological polar surface area (TPSA) is 37.3 Å². The van der Waals surface area contributed by atoms with E-state index in [2.05, 4.69) is 15.9 Å². The van der Waals surface area contributed by atoms with Crippen molar-refractivity contribution in [1.29, 1.82) is 0 Å². The maximum Gasteiger partial charge on any atom is 0.307 e. The van der Waals surface area contributed by atoms with E-state index in [9.17, 15) is 4.79 Å². The molecule has 2 aromatic rings. The molecule has 2 rings (SSSR count). The molecule has 0 unspecified atom stereocenters. The molecule has 0 aliphatic carbocycles. The first-order valence-corrected chi connectivity index (χ1v) is 6.02. The zero-order valence-electron chi connectivity index (χ0n) is 9.06. The highest BCUT2D eigenvalue weighted by Gasteiger charge is 2.06. The van der Waals surface area contributed by atoms with E-state index in [-0.39, 0.29) is 6.42 Å². The molecule has 0 saturated heterocycles. The van der Waals surface area contributed by atoms with Crippen molar-refractivity contribution in [3.8, 4) is 11.1 Å². The summed E-state index contributed by atoms with van der Waals surface area (Å²) < 4.78 is 0.834. The lowest BCUT2D eigenvalue weighted by molar-refractivity contribution is -0.136. The van der Waals surface area contributed by atoms with Crippen LogP contribution in [0.1, 0.15) is 5.56 Å². The summed E-state index contributed by atoms with van der Waals surface area (Å²) in [7, 11) is 0. The minimum Gasteiger partial charge on any atom is -0.481 e. The Balaban J connectivity index is 2.34. The van der Waals surface area contributed by atoms with Gasteiger partial charge in [-0.2, -0.15) is 0 Å². The summed E-state index contributed by atoms with van der Waals surface area (Å²) in [6, 6.07) is 15.7. The molecule has 17 heavy (non-hydrogen) atoms. The molecule has 0 aliphatic rings. The standard InChI is InChI=1S/C14H11BrO2/c15-13-8-11(10-4-2-1-3-5-10)6-7-12(13)9-14(16)17/h1-8H,9H2,(H,16,17). The summed E-state index contributed by atoms with van der Waals surface area (Å²) in [4.78, 5) is 10.7. The third-order valence-corrected chi connectivity index (χ3v) is 3.24. The van der Waals surface area contributed by atoms with Crippen LogP contribution in [0.4, 0.5) is 0 Å². The average molecular weight is 291 g/mol. The van der Waals surface area contributed by atoms with Gasteiger partial charge in [0.15, 0.2) is 0 Å². The van der Waals surface area contributed by atoms with Crippen LogP contribution in [0.2, 0.25) is 0 Å². The van der Waals surface area contributed by atoms with Crippen LogP contribution in [0.5, 0.6) is 0 Å². The summed E-state index contributed by atoms with van der Waals surface area (Å²) in [5, 5.41) is 8.76. The molecule has 3 heteroatoms. The molecule has 0 heterocycles. The van der Waals surface area contributed by atoms with Gasteiger partial charge in [-0.25, -0.2) is 0 Å². The Bertz CT molecular complexity index is 535. The summed E-state index contributed by atoms with van der Waals surface area (Å²) in [6.07, 6.45) is 0.0374. The predicted molar refractivity (Wildman–Crippen MR) is 70.9 cm³/mol. The Kier molecular flexibility index (Phi) is 3.59. The van der Waals surface area contributed by atoms with Crippen LogP contribution < -0.4 is 0 Å². The molecular formula is C14H11BrO2. The maximum atomic E-state index is 10.7. The van der Waals surface area contributed by atoms with Crippen molar-refractivity contribution in [3.63, 3.8) is 0 Å². The molecule has 1 N–H and O–H groups in total. The Labute approximate surface area is 108 Å². The Hall–Kier alpha value is -1.61. The number of carboxylic acid groups (broad SMARTS) is 1. The third-order valence-electron chi connectivity index (χ3n) is 2.50. The third kappa shape index (κ3) is 2.94. The highest BCUT2D eigenvalue weighted by atomic mass is 79.9. The molecule has 0 saturated carbocycles. The predicted octanol–water partition coefficient (Wildman–Crippen LogP) is 3.74. The van der Waals surface area contributed by atoms with Crippen molar-refractivity contribution in [1.82, 2.24) is 0 Å². The van der Waals surface area contributed by atoms with Gasteiger partial charge in [-0.3, -0.25) is 4.79 Å². The van der Waals surface area contributed by atoms with E-state index in [1.807, 2.05) is 48.5 Å². The molecule has 86 valence electrons. The highest BCUT2D eigenvalue weighted by molar-refractivity contribution is 9.10. The van der Waals surface area contributed by atoms with Gasteiger partial charge in [-0.05, 0) is 22.8 Å². The SMILES string of the molecule is O=C(O)Cc1ccc(-c2ccccc2)cc1Br. The van der Waals surface area contributed by atoms with Crippen molar-refractivity contribution < 1.29 is 9.90 Å². The second-order valence-corrected chi connectivity index (χ2v) is 4.60. The number of carboxylic acids is 1. The fraction of sp³-hybridized carbons (Fsp3) is 0.0714. The van der Waals surface area contributed by atoms with Crippen molar-refractivity contribution in [2.45, 2.75) is 6.42 Å². The monoisotopic (exact) mass is 290 g/mol. The van der Waals surface area contributed by atoms with E-state index in [1.165, 1.54) is 0 Å². The first-order chi connectivity index (χ1) is 8.16. The van der Waals surface area contributed by atoms with Gasteiger partial charge in [0.05, 0.1) is 6.42 Å². The first-order valence-electron chi connectivity index (χ1n) is 5.22. The maximum absolute atomic E-state index is 10.7. The lowest BCUT2D eigenvalue weighted by Crippen LogP contribution is -2.00. The minimum absolute atomic E-state index is 0.0374. The lowest BCUT2D eigenvalue weighted by Gasteiger charge is -2.06. The van der Waals surface area contributed by atoms with E-state index < -0.39 is 5.97 Å². The Morgan fingerprint density at radius 3 is 2.35 bits per heavy atom. The second kappa shape index (κ2) is 5.15. The van der Waals surface area contributed by atoms with Gasteiger partial charge >= 0.3 is 5.97 Å². The lowest BCUT2D eigenvalue weighted by atomic mass is 10.0. The van der Waals surface area contributed by atoms with E-state index in [0.29, 0.717) is 0 Å².